The van der Waals surface area contributed by atoms with Gasteiger partial charge < -0.3 is 15.8 Å². The maximum atomic E-state index is 12.3. The average Bonchev–Trinajstić information content (AvgIpc) is 2.98. The van der Waals surface area contributed by atoms with Gasteiger partial charge in [-0.1, -0.05) is 52.9 Å². The number of amides is 1. The lowest BCUT2D eigenvalue weighted by Gasteiger charge is -2.19. The molecule has 25 heavy (non-hydrogen) atoms. The summed E-state index contributed by atoms with van der Waals surface area (Å²) in [4.78, 5) is 24.1. The quantitative estimate of drug-likeness (QED) is 0.518. The normalized spacial score (nSPS) is 11.8. The minimum atomic E-state index is -0.569. The van der Waals surface area contributed by atoms with Gasteiger partial charge in [0.15, 0.2) is 4.34 Å². The first-order chi connectivity index (χ1) is 12.0. The van der Waals surface area contributed by atoms with Crippen LogP contribution in [0.3, 0.4) is 0 Å². The maximum absolute atomic E-state index is 12.3. The minimum Gasteiger partial charge on any atom is -0.466 e. The number of anilines is 1. The summed E-state index contributed by atoms with van der Waals surface area (Å²) in [6.45, 7) is 2.00. The molecular formula is C15H17ClN4O3S2. The summed E-state index contributed by atoms with van der Waals surface area (Å²) < 4.78 is 5.58. The van der Waals surface area contributed by atoms with Gasteiger partial charge in [-0.05, 0) is 18.6 Å². The Balaban J connectivity index is 2.03. The summed E-state index contributed by atoms with van der Waals surface area (Å²) in [7, 11) is 0. The van der Waals surface area contributed by atoms with Crippen molar-refractivity contribution in [1.29, 1.82) is 0 Å². The Kier molecular flexibility index (Phi) is 7.48. The highest BCUT2D eigenvalue weighted by molar-refractivity contribution is 8.01. The van der Waals surface area contributed by atoms with E-state index in [0.29, 0.717) is 20.1 Å². The van der Waals surface area contributed by atoms with E-state index in [-0.39, 0.29) is 24.7 Å². The van der Waals surface area contributed by atoms with E-state index in [9.17, 15) is 9.59 Å². The molecule has 1 aromatic carbocycles. The molecule has 0 aliphatic rings. The molecule has 0 radical (unpaired) electrons. The van der Waals surface area contributed by atoms with E-state index in [0.717, 1.165) is 0 Å². The van der Waals surface area contributed by atoms with Crippen LogP contribution in [0.5, 0.6) is 0 Å². The molecule has 1 atom stereocenters. The average molecular weight is 401 g/mol. The van der Waals surface area contributed by atoms with E-state index < -0.39 is 12.0 Å². The zero-order valence-electron chi connectivity index (χ0n) is 13.4. The molecule has 2 rings (SSSR count). The molecule has 7 nitrogen and oxygen atoms in total. The molecule has 0 saturated carbocycles. The number of hydrogen-bond acceptors (Lipinski definition) is 8. The highest BCUT2D eigenvalue weighted by Crippen LogP contribution is 2.27. The summed E-state index contributed by atoms with van der Waals surface area (Å²) in [5.41, 5.74) is 6.17. The van der Waals surface area contributed by atoms with Crippen molar-refractivity contribution < 1.29 is 14.3 Å². The fourth-order valence-corrected chi connectivity index (χ4v) is 3.74. The van der Waals surface area contributed by atoms with Crippen LogP contribution in [0.15, 0.2) is 28.6 Å². The predicted octanol–water partition coefficient (Wildman–Crippen LogP) is 2.68. The van der Waals surface area contributed by atoms with Crippen LogP contribution < -0.4 is 11.1 Å². The van der Waals surface area contributed by atoms with Crippen molar-refractivity contribution in [2.45, 2.75) is 23.7 Å². The molecule has 3 N–H and O–H groups in total. The number of nitrogen functional groups attached to an aromatic ring is 1. The van der Waals surface area contributed by atoms with Crippen LogP contribution in [0.2, 0.25) is 5.02 Å². The first-order valence-corrected chi connectivity index (χ1v) is 9.58. The molecule has 0 fully saturated rings. The van der Waals surface area contributed by atoms with E-state index in [2.05, 4.69) is 15.5 Å². The van der Waals surface area contributed by atoms with Gasteiger partial charge in [0.05, 0.1) is 24.8 Å². The van der Waals surface area contributed by atoms with E-state index in [1.165, 1.54) is 23.1 Å². The molecule has 134 valence electrons. The highest BCUT2D eigenvalue weighted by atomic mass is 35.5. The second-order valence-corrected chi connectivity index (χ2v) is 7.48. The van der Waals surface area contributed by atoms with Crippen LogP contribution in [0, 0.1) is 0 Å². The lowest BCUT2D eigenvalue weighted by atomic mass is 10.0. The first kappa shape index (κ1) is 19.5. The summed E-state index contributed by atoms with van der Waals surface area (Å²) in [5.74, 6) is -0.538. The lowest BCUT2D eigenvalue weighted by Crippen LogP contribution is -2.32. The first-order valence-electron chi connectivity index (χ1n) is 7.40. The molecule has 2 aromatic rings. The summed E-state index contributed by atoms with van der Waals surface area (Å²) >= 11 is 8.63. The smallest absolute Gasteiger partial charge is 0.308 e. The number of carbonyl (C=O) groups is 2. The fraction of sp³-hybridized carbons (Fsp3) is 0.333. The second kappa shape index (κ2) is 9.59. The van der Waals surface area contributed by atoms with E-state index in [1.54, 1.807) is 31.2 Å². The highest BCUT2D eigenvalue weighted by Gasteiger charge is 2.21. The van der Waals surface area contributed by atoms with Crippen molar-refractivity contribution in [3.8, 4) is 0 Å². The standard InChI is InChI=1S/C15H17ClN4O3S2/c1-2-23-13(22)7-11(9-5-3-4-6-10(9)16)18-12(21)8-24-15-20-19-14(17)25-15/h3-6,11H,2,7-8H2,1H3,(H2,17,19)(H,18,21)/t11-/m1/s1. The third-order valence-corrected chi connectivity index (χ3v) is 5.27. The summed E-state index contributed by atoms with van der Waals surface area (Å²) in [5, 5.41) is 11.2. The molecule has 1 heterocycles. The van der Waals surface area contributed by atoms with Crippen molar-refractivity contribution in [1.82, 2.24) is 15.5 Å². The molecule has 10 heteroatoms. The van der Waals surface area contributed by atoms with Crippen LogP contribution >= 0.6 is 34.7 Å². The number of benzene rings is 1. The van der Waals surface area contributed by atoms with Crippen molar-refractivity contribution >= 4 is 51.7 Å². The van der Waals surface area contributed by atoms with Gasteiger partial charge in [-0.15, -0.1) is 10.2 Å². The number of nitrogens with two attached hydrogens (primary N) is 1. The molecule has 0 saturated heterocycles. The zero-order valence-corrected chi connectivity index (χ0v) is 15.8. The Hall–Kier alpha value is -1.84. The van der Waals surface area contributed by atoms with Gasteiger partial charge in [0.1, 0.15) is 0 Å². The minimum absolute atomic E-state index is 0.000262. The van der Waals surface area contributed by atoms with Gasteiger partial charge in [0.25, 0.3) is 0 Å². The Morgan fingerprint density at radius 2 is 2.16 bits per heavy atom. The molecular weight excluding hydrogens is 384 g/mol. The van der Waals surface area contributed by atoms with Crippen LogP contribution in [0.4, 0.5) is 5.13 Å². The van der Waals surface area contributed by atoms with Gasteiger partial charge in [0.2, 0.25) is 11.0 Å². The van der Waals surface area contributed by atoms with Crippen LogP contribution in [0.25, 0.3) is 0 Å². The number of carbonyl (C=O) groups excluding carboxylic acids is 2. The van der Waals surface area contributed by atoms with Gasteiger partial charge >= 0.3 is 5.97 Å². The number of rotatable bonds is 8. The van der Waals surface area contributed by atoms with Crippen LogP contribution in [-0.2, 0) is 14.3 Å². The monoisotopic (exact) mass is 400 g/mol. The molecule has 0 aliphatic heterocycles. The number of nitrogens with one attached hydrogen (secondary N) is 1. The number of nitrogens with zero attached hydrogens (tertiary/aromatic N) is 2. The summed E-state index contributed by atoms with van der Waals surface area (Å²) in [6, 6.07) is 6.49. The maximum Gasteiger partial charge on any atom is 0.308 e. The largest absolute Gasteiger partial charge is 0.466 e. The Bertz CT molecular complexity index is 741. The molecule has 1 aromatic heterocycles. The van der Waals surface area contributed by atoms with E-state index in [4.69, 9.17) is 22.1 Å². The number of thioether (sulfide) groups is 1. The fourth-order valence-electron chi connectivity index (χ4n) is 2.03. The molecule has 0 spiro atoms. The molecule has 1 amide bonds. The van der Waals surface area contributed by atoms with Gasteiger partial charge in [-0.3, -0.25) is 9.59 Å². The van der Waals surface area contributed by atoms with Crippen LogP contribution in [0.1, 0.15) is 24.9 Å². The SMILES string of the molecule is CCOC(=O)C[C@@H](NC(=O)CSc1nnc(N)s1)c1ccccc1Cl. The van der Waals surface area contributed by atoms with E-state index in [1.807, 2.05) is 0 Å². The van der Waals surface area contributed by atoms with Crippen molar-refractivity contribution in [3.05, 3.63) is 34.9 Å². The number of ether oxygens (including phenoxy) is 1. The van der Waals surface area contributed by atoms with Crippen molar-refractivity contribution in [2.75, 3.05) is 18.1 Å². The molecule has 0 unspecified atom stereocenters. The Morgan fingerprint density at radius 1 is 1.40 bits per heavy atom. The van der Waals surface area contributed by atoms with Gasteiger partial charge in [0, 0.05) is 5.02 Å². The van der Waals surface area contributed by atoms with Gasteiger partial charge in [-0.2, -0.15) is 0 Å². The predicted molar refractivity (Wildman–Crippen MR) is 98.6 cm³/mol. The van der Waals surface area contributed by atoms with Crippen molar-refractivity contribution in [2.24, 2.45) is 0 Å². The number of aromatic nitrogens is 2. The second-order valence-electron chi connectivity index (χ2n) is 4.85. The third-order valence-electron chi connectivity index (χ3n) is 3.04. The number of halogens is 1. The van der Waals surface area contributed by atoms with Gasteiger partial charge in [-0.25, -0.2) is 0 Å². The van der Waals surface area contributed by atoms with Crippen molar-refractivity contribution in [3.63, 3.8) is 0 Å². The molecule has 0 aliphatic carbocycles. The number of hydrogen-bond donors (Lipinski definition) is 2. The lowest BCUT2D eigenvalue weighted by molar-refractivity contribution is -0.143. The molecule has 0 bridgehead atoms. The Labute approximate surface area is 158 Å². The number of esters is 1. The third kappa shape index (κ3) is 6.18. The van der Waals surface area contributed by atoms with E-state index >= 15 is 0 Å². The zero-order chi connectivity index (χ0) is 18.2. The Morgan fingerprint density at radius 3 is 2.80 bits per heavy atom. The van der Waals surface area contributed by atoms with Crippen LogP contribution in [-0.4, -0.2) is 34.4 Å². The topological polar surface area (TPSA) is 107 Å². The summed E-state index contributed by atoms with van der Waals surface area (Å²) in [6.07, 6.45) is -0.000262.